The summed E-state index contributed by atoms with van der Waals surface area (Å²) >= 11 is 0. The number of halogens is 1. The van der Waals surface area contributed by atoms with E-state index in [2.05, 4.69) is 0 Å². The molecule has 1 aromatic rings. The third kappa shape index (κ3) is 2.97. The van der Waals surface area contributed by atoms with E-state index in [0.29, 0.717) is 19.0 Å². The lowest BCUT2D eigenvalue weighted by molar-refractivity contribution is 0.0133. The van der Waals surface area contributed by atoms with Gasteiger partial charge < -0.3 is 9.47 Å². The van der Waals surface area contributed by atoms with Gasteiger partial charge in [0.1, 0.15) is 16.5 Å². The van der Waals surface area contributed by atoms with Crippen molar-refractivity contribution in [2.45, 2.75) is 30.3 Å². The summed E-state index contributed by atoms with van der Waals surface area (Å²) in [4.78, 5) is -0.104. The molecule has 1 saturated carbocycles. The van der Waals surface area contributed by atoms with E-state index >= 15 is 0 Å². The van der Waals surface area contributed by atoms with Crippen LogP contribution in [0.15, 0.2) is 23.1 Å². The van der Waals surface area contributed by atoms with Crippen molar-refractivity contribution in [2.75, 3.05) is 27.3 Å². The SMILES string of the molecule is COc1ccc(F)cc1S(=O)(=O)N1C[C@H]2CCC[C@@H](OC)[C@H]2C1. The van der Waals surface area contributed by atoms with Crippen LogP contribution in [0.1, 0.15) is 19.3 Å². The van der Waals surface area contributed by atoms with E-state index < -0.39 is 15.8 Å². The Balaban J connectivity index is 1.91. The van der Waals surface area contributed by atoms with E-state index in [1.165, 1.54) is 23.5 Å². The second kappa shape index (κ2) is 6.37. The van der Waals surface area contributed by atoms with E-state index in [4.69, 9.17) is 9.47 Å². The molecule has 3 atom stereocenters. The van der Waals surface area contributed by atoms with E-state index in [1.807, 2.05) is 0 Å². The molecule has 3 rings (SSSR count). The van der Waals surface area contributed by atoms with E-state index in [-0.39, 0.29) is 22.7 Å². The Bertz CT molecular complexity index is 679. The summed E-state index contributed by atoms with van der Waals surface area (Å²) in [6, 6.07) is 3.58. The Morgan fingerprint density at radius 2 is 2.00 bits per heavy atom. The van der Waals surface area contributed by atoms with E-state index in [1.54, 1.807) is 7.11 Å². The number of methoxy groups -OCH3 is 2. The van der Waals surface area contributed by atoms with Gasteiger partial charge in [0.05, 0.1) is 13.2 Å². The predicted octanol–water partition coefficient (Wildman–Crippen LogP) is 2.27. The first-order valence-electron chi connectivity index (χ1n) is 7.84. The predicted molar refractivity (Wildman–Crippen MR) is 83.3 cm³/mol. The van der Waals surface area contributed by atoms with Crippen LogP contribution in [-0.4, -0.2) is 46.1 Å². The zero-order valence-corrected chi connectivity index (χ0v) is 14.2. The molecule has 0 radical (unpaired) electrons. The van der Waals surface area contributed by atoms with Crippen LogP contribution in [0.5, 0.6) is 5.75 Å². The highest BCUT2D eigenvalue weighted by molar-refractivity contribution is 7.89. The highest BCUT2D eigenvalue weighted by Gasteiger charge is 2.45. The van der Waals surface area contributed by atoms with Gasteiger partial charge in [-0.3, -0.25) is 0 Å². The van der Waals surface area contributed by atoms with Gasteiger partial charge in [-0.15, -0.1) is 0 Å². The molecule has 1 aromatic carbocycles. The van der Waals surface area contributed by atoms with Gasteiger partial charge in [-0.2, -0.15) is 4.31 Å². The Morgan fingerprint density at radius 1 is 1.22 bits per heavy atom. The second-order valence-corrected chi connectivity index (χ2v) is 8.15. The Hall–Kier alpha value is -1.18. The van der Waals surface area contributed by atoms with Crippen LogP contribution in [0.3, 0.4) is 0 Å². The lowest BCUT2D eigenvalue weighted by Crippen LogP contribution is -2.33. The van der Waals surface area contributed by atoms with Crippen LogP contribution in [0.2, 0.25) is 0 Å². The monoisotopic (exact) mass is 343 g/mol. The van der Waals surface area contributed by atoms with Gasteiger partial charge >= 0.3 is 0 Å². The number of hydrogen-bond donors (Lipinski definition) is 0. The van der Waals surface area contributed by atoms with Gasteiger partial charge in [0.2, 0.25) is 10.0 Å². The zero-order chi connectivity index (χ0) is 16.6. The fourth-order valence-electron chi connectivity index (χ4n) is 3.86. The first kappa shape index (κ1) is 16.7. The molecule has 2 aliphatic rings. The van der Waals surface area contributed by atoms with Crippen molar-refractivity contribution in [1.29, 1.82) is 0 Å². The fourth-order valence-corrected chi connectivity index (χ4v) is 5.56. The van der Waals surface area contributed by atoms with Gasteiger partial charge in [0, 0.05) is 26.1 Å². The van der Waals surface area contributed by atoms with Crippen molar-refractivity contribution in [3.63, 3.8) is 0 Å². The number of rotatable bonds is 4. The second-order valence-electron chi connectivity index (χ2n) is 6.25. The molecule has 1 saturated heterocycles. The molecule has 0 spiro atoms. The molecular weight excluding hydrogens is 321 g/mol. The van der Waals surface area contributed by atoms with Gasteiger partial charge in [-0.1, -0.05) is 6.42 Å². The molecule has 0 aromatic heterocycles. The minimum absolute atomic E-state index is 0.100. The normalized spacial score (nSPS) is 28.6. The van der Waals surface area contributed by atoms with E-state index in [9.17, 15) is 12.8 Å². The molecule has 0 bridgehead atoms. The van der Waals surface area contributed by atoms with Crippen LogP contribution in [-0.2, 0) is 14.8 Å². The number of nitrogens with zero attached hydrogens (tertiary/aromatic N) is 1. The maximum atomic E-state index is 13.6. The van der Waals surface area contributed by atoms with Crippen LogP contribution < -0.4 is 4.74 Å². The maximum Gasteiger partial charge on any atom is 0.246 e. The maximum absolute atomic E-state index is 13.6. The molecule has 1 aliphatic heterocycles. The molecule has 2 fully saturated rings. The van der Waals surface area contributed by atoms with Gasteiger partial charge in [0.15, 0.2) is 0 Å². The zero-order valence-electron chi connectivity index (χ0n) is 13.4. The summed E-state index contributed by atoms with van der Waals surface area (Å²) in [5.74, 6) is 0.103. The van der Waals surface area contributed by atoms with Crippen molar-refractivity contribution in [1.82, 2.24) is 4.31 Å². The van der Waals surface area contributed by atoms with Crippen molar-refractivity contribution >= 4 is 10.0 Å². The number of ether oxygens (including phenoxy) is 2. The lowest BCUT2D eigenvalue weighted by atomic mass is 9.79. The van der Waals surface area contributed by atoms with Gasteiger partial charge in [-0.05, 0) is 37.0 Å². The molecule has 128 valence electrons. The fraction of sp³-hybridized carbons (Fsp3) is 0.625. The molecule has 1 aliphatic carbocycles. The summed E-state index contributed by atoms with van der Waals surface area (Å²) in [5.41, 5.74) is 0. The Kier molecular flexibility index (Phi) is 4.62. The van der Waals surface area contributed by atoms with Crippen molar-refractivity contribution in [2.24, 2.45) is 11.8 Å². The quantitative estimate of drug-likeness (QED) is 0.842. The Morgan fingerprint density at radius 3 is 2.70 bits per heavy atom. The van der Waals surface area contributed by atoms with Crippen LogP contribution >= 0.6 is 0 Å². The molecule has 5 nitrogen and oxygen atoms in total. The van der Waals surface area contributed by atoms with Crippen molar-refractivity contribution in [3.8, 4) is 5.75 Å². The largest absolute Gasteiger partial charge is 0.495 e. The number of sulfonamides is 1. The highest BCUT2D eigenvalue weighted by atomic mass is 32.2. The molecule has 0 amide bonds. The average molecular weight is 343 g/mol. The molecule has 1 heterocycles. The third-order valence-corrected chi connectivity index (χ3v) is 6.90. The first-order chi connectivity index (χ1) is 11.0. The topological polar surface area (TPSA) is 55.8 Å². The molecule has 0 unspecified atom stereocenters. The summed E-state index contributed by atoms with van der Waals surface area (Å²) in [6.07, 6.45) is 3.13. The lowest BCUT2D eigenvalue weighted by Gasteiger charge is -2.31. The van der Waals surface area contributed by atoms with E-state index in [0.717, 1.165) is 25.3 Å². The molecule has 23 heavy (non-hydrogen) atoms. The number of hydrogen-bond acceptors (Lipinski definition) is 4. The number of fused-ring (bicyclic) bond motifs is 1. The minimum atomic E-state index is -3.78. The summed E-state index contributed by atoms with van der Waals surface area (Å²) in [7, 11) is -0.715. The van der Waals surface area contributed by atoms with Crippen molar-refractivity contribution in [3.05, 3.63) is 24.0 Å². The molecule has 0 N–H and O–H groups in total. The van der Waals surface area contributed by atoms with Gasteiger partial charge in [-0.25, -0.2) is 12.8 Å². The molecule has 7 heteroatoms. The Labute approximate surface area is 136 Å². The van der Waals surface area contributed by atoms with Crippen molar-refractivity contribution < 1.29 is 22.3 Å². The smallest absolute Gasteiger partial charge is 0.246 e. The summed E-state index contributed by atoms with van der Waals surface area (Å²) in [5, 5.41) is 0. The summed E-state index contributed by atoms with van der Waals surface area (Å²) in [6.45, 7) is 0.887. The minimum Gasteiger partial charge on any atom is -0.495 e. The van der Waals surface area contributed by atoms with Gasteiger partial charge in [0.25, 0.3) is 0 Å². The van der Waals surface area contributed by atoms with Crippen LogP contribution in [0.4, 0.5) is 4.39 Å². The summed E-state index contributed by atoms with van der Waals surface area (Å²) < 4.78 is 51.5. The average Bonchev–Trinajstić information content (AvgIpc) is 2.99. The third-order valence-electron chi connectivity index (χ3n) is 5.05. The first-order valence-corrected chi connectivity index (χ1v) is 9.28. The standard InChI is InChI=1S/C16H22FNO4S/c1-21-14-5-3-4-11-9-18(10-13(11)14)23(19,20)16-8-12(17)6-7-15(16)22-2/h6-8,11,13-14H,3-5,9-10H2,1-2H3/t11-,13+,14-/m1/s1. The molecular formula is C16H22FNO4S. The van der Waals surface area contributed by atoms with Crippen LogP contribution in [0.25, 0.3) is 0 Å². The highest BCUT2D eigenvalue weighted by Crippen LogP contribution is 2.40. The number of benzene rings is 1. The van der Waals surface area contributed by atoms with Crippen LogP contribution in [0, 0.1) is 17.7 Å².